The van der Waals surface area contributed by atoms with E-state index in [-0.39, 0.29) is 5.91 Å². The van der Waals surface area contributed by atoms with E-state index in [1.54, 1.807) is 29.4 Å². The van der Waals surface area contributed by atoms with Crippen LogP contribution in [-0.4, -0.2) is 27.3 Å². The molecule has 98 valence electrons. The van der Waals surface area contributed by atoms with Gasteiger partial charge in [0.1, 0.15) is 4.60 Å². The van der Waals surface area contributed by atoms with E-state index < -0.39 is 0 Å². The molecule has 1 amide bonds. The summed E-state index contributed by atoms with van der Waals surface area (Å²) < 4.78 is 0.719. The highest BCUT2D eigenvalue weighted by Gasteiger charge is 2.15. The maximum Gasteiger partial charge on any atom is 0.255 e. The van der Waals surface area contributed by atoms with E-state index in [0.717, 1.165) is 10.3 Å². The minimum Gasteiger partial charge on any atom is -0.333 e. The Morgan fingerprint density at radius 3 is 2.68 bits per heavy atom. The van der Waals surface area contributed by atoms with E-state index >= 15 is 0 Å². The molecule has 2 aromatic rings. The molecular weight excluding hydrogens is 306 g/mol. The van der Waals surface area contributed by atoms with E-state index in [2.05, 4.69) is 25.9 Å². The summed E-state index contributed by atoms with van der Waals surface area (Å²) in [6, 6.07) is 9.22. The Bertz CT molecular complexity index is 542. The summed E-state index contributed by atoms with van der Waals surface area (Å²) in [5.74, 6) is -0.0341. The summed E-state index contributed by atoms with van der Waals surface area (Å²) in [6.45, 7) is 3.09. The molecular formula is C14H14BrN3O. The molecule has 0 saturated heterocycles. The largest absolute Gasteiger partial charge is 0.333 e. The van der Waals surface area contributed by atoms with Crippen LogP contribution in [-0.2, 0) is 6.54 Å². The van der Waals surface area contributed by atoms with E-state index in [1.807, 2.05) is 25.1 Å². The number of halogens is 1. The molecule has 4 nitrogen and oxygen atoms in total. The van der Waals surface area contributed by atoms with E-state index in [0.29, 0.717) is 18.7 Å². The SMILES string of the molecule is CCN(Cc1ccccn1)C(=O)c1ccc(Br)nc1. The smallest absolute Gasteiger partial charge is 0.255 e. The molecule has 0 aliphatic heterocycles. The van der Waals surface area contributed by atoms with Gasteiger partial charge in [-0.3, -0.25) is 9.78 Å². The summed E-state index contributed by atoms with van der Waals surface area (Å²) >= 11 is 3.26. The molecule has 19 heavy (non-hydrogen) atoms. The van der Waals surface area contributed by atoms with Crippen molar-refractivity contribution >= 4 is 21.8 Å². The van der Waals surface area contributed by atoms with Crippen LogP contribution < -0.4 is 0 Å². The maximum absolute atomic E-state index is 12.3. The summed E-state index contributed by atoms with van der Waals surface area (Å²) in [5, 5.41) is 0. The van der Waals surface area contributed by atoms with Gasteiger partial charge in [-0.15, -0.1) is 0 Å². The lowest BCUT2D eigenvalue weighted by Gasteiger charge is -2.20. The quantitative estimate of drug-likeness (QED) is 0.814. The standard InChI is InChI=1S/C14H14BrN3O/c1-2-18(10-12-5-3-4-8-16-12)14(19)11-6-7-13(15)17-9-11/h3-9H,2,10H2,1H3. The Labute approximate surface area is 120 Å². The molecule has 0 aliphatic rings. The zero-order valence-corrected chi connectivity index (χ0v) is 12.2. The lowest BCUT2D eigenvalue weighted by molar-refractivity contribution is 0.0750. The average Bonchev–Trinajstić information content (AvgIpc) is 2.46. The second kappa shape index (κ2) is 6.43. The Morgan fingerprint density at radius 2 is 2.11 bits per heavy atom. The first-order valence-corrected chi connectivity index (χ1v) is 6.80. The number of pyridine rings is 2. The third-order valence-corrected chi connectivity index (χ3v) is 3.19. The highest BCUT2D eigenvalue weighted by molar-refractivity contribution is 9.10. The van der Waals surface area contributed by atoms with Crippen molar-refractivity contribution in [1.82, 2.24) is 14.9 Å². The summed E-state index contributed by atoms with van der Waals surface area (Å²) in [6.07, 6.45) is 3.31. The van der Waals surface area contributed by atoms with Gasteiger partial charge in [-0.2, -0.15) is 0 Å². The topological polar surface area (TPSA) is 46.1 Å². The number of rotatable bonds is 4. The van der Waals surface area contributed by atoms with Crippen molar-refractivity contribution in [2.75, 3.05) is 6.54 Å². The third-order valence-electron chi connectivity index (χ3n) is 2.72. The Balaban J connectivity index is 2.13. The molecule has 2 heterocycles. The third kappa shape index (κ3) is 3.61. The fraction of sp³-hybridized carbons (Fsp3) is 0.214. The van der Waals surface area contributed by atoms with Crippen molar-refractivity contribution in [3.8, 4) is 0 Å². The van der Waals surface area contributed by atoms with Gasteiger partial charge in [0.05, 0.1) is 17.8 Å². The van der Waals surface area contributed by atoms with Crippen molar-refractivity contribution in [3.05, 3.63) is 58.6 Å². The van der Waals surface area contributed by atoms with Gasteiger partial charge in [-0.1, -0.05) is 6.07 Å². The van der Waals surface area contributed by atoms with Crippen molar-refractivity contribution in [2.45, 2.75) is 13.5 Å². The van der Waals surface area contributed by atoms with Crippen molar-refractivity contribution < 1.29 is 4.79 Å². The lowest BCUT2D eigenvalue weighted by Crippen LogP contribution is -2.30. The first-order chi connectivity index (χ1) is 9.20. The molecule has 0 aromatic carbocycles. The number of amides is 1. The molecule has 0 unspecified atom stereocenters. The van der Waals surface area contributed by atoms with E-state index in [9.17, 15) is 4.79 Å². The van der Waals surface area contributed by atoms with Gasteiger partial charge in [0.2, 0.25) is 0 Å². The van der Waals surface area contributed by atoms with Crippen molar-refractivity contribution in [3.63, 3.8) is 0 Å². The van der Waals surface area contributed by atoms with Crippen LogP contribution in [0.2, 0.25) is 0 Å². The minimum absolute atomic E-state index is 0.0341. The molecule has 0 atom stereocenters. The molecule has 0 spiro atoms. The summed E-state index contributed by atoms with van der Waals surface area (Å²) in [4.78, 5) is 22.4. The van der Waals surface area contributed by atoms with Crippen LogP contribution in [0.1, 0.15) is 23.0 Å². The molecule has 0 aliphatic carbocycles. The number of nitrogens with zero attached hydrogens (tertiary/aromatic N) is 3. The van der Waals surface area contributed by atoms with Crippen LogP contribution >= 0.6 is 15.9 Å². The van der Waals surface area contributed by atoms with E-state index in [1.165, 1.54) is 0 Å². The number of carbonyl (C=O) groups is 1. The zero-order chi connectivity index (χ0) is 13.7. The minimum atomic E-state index is -0.0341. The maximum atomic E-state index is 12.3. The second-order valence-corrected chi connectivity index (χ2v) is 4.82. The number of hydrogen-bond acceptors (Lipinski definition) is 3. The van der Waals surface area contributed by atoms with Gasteiger partial charge in [0.25, 0.3) is 5.91 Å². The molecule has 0 radical (unpaired) electrons. The molecule has 5 heteroatoms. The Hall–Kier alpha value is -1.75. The van der Waals surface area contributed by atoms with Crippen LogP contribution in [0.3, 0.4) is 0 Å². The molecule has 0 bridgehead atoms. The van der Waals surface area contributed by atoms with Gasteiger partial charge in [-0.25, -0.2) is 4.98 Å². The zero-order valence-electron chi connectivity index (χ0n) is 10.6. The first-order valence-electron chi connectivity index (χ1n) is 6.01. The molecule has 0 N–H and O–H groups in total. The number of carbonyl (C=O) groups excluding carboxylic acids is 1. The van der Waals surface area contributed by atoms with E-state index in [4.69, 9.17) is 0 Å². The molecule has 2 aromatic heterocycles. The molecule has 0 fully saturated rings. The van der Waals surface area contributed by atoms with Crippen molar-refractivity contribution in [2.24, 2.45) is 0 Å². The normalized spacial score (nSPS) is 10.2. The van der Waals surface area contributed by atoms with Crippen LogP contribution in [0.5, 0.6) is 0 Å². The fourth-order valence-electron chi connectivity index (χ4n) is 1.70. The predicted molar refractivity (Wildman–Crippen MR) is 76.6 cm³/mol. The van der Waals surface area contributed by atoms with Gasteiger partial charge < -0.3 is 4.90 Å². The second-order valence-electron chi connectivity index (χ2n) is 4.01. The van der Waals surface area contributed by atoms with Crippen molar-refractivity contribution in [1.29, 1.82) is 0 Å². The average molecular weight is 320 g/mol. The van der Waals surface area contributed by atoms with Gasteiger partial charge in [-0.05, 0) is 47.1 Å². The van der Waals surface area contributed by atoms with Crippen LogP contribution in [0.15, 0.2) is 47.3 Å². The lowest BCUT2D eigenvalue weighted by atomic mass is 10.2. The Morgan fingerprint density at radius 1 is 1.26 bits per heavy atom. The fourth-order valence-corrected chi connectivity index (χ4v) is 1.93. The summed E-state index contributed by atoms with van der Waals surface area (Å²) in [7, 11) is 0. The van der Waals surface area contributed by atoms with Gasteiger partial charge in [0, 0.05) is 18.9 Å². The number of hydrogen-bond donors (Lipinski definition) is 0. The highest BCUT2D eigenvalue weighted by atomic mass is 79.9. The van der Waals surface area contributed by atoms with Crippen LogP contribution in [0, 0.1) is 0 Å². The molecule has 2 rings (SSSR count). The monoisotopic (exact) mass is 319 g/mol. The van der Waals surface area contributed by atoms with Crippen LogP contribution in [0.25, 0.3) is 0 Å². The molecule has 0 saturated carbocycles. The summed E-state index contributed by atoms with van der Waals surface area (Å²) in [5.41, 5.74) is 1.46. The predicted octanol–water partition coefficient (Wildman–Crippen LogP) is 2.90. The number of aromatic nitrogens is 2. The van der Waals surface area contributed by atoms with Crippen LogP contribution in [0.4, 0.5) is 0 Å². The van der Waals surface area contributed by atoms with Gasteiger partial charge >= 0.3 is 0 Å². The Kier molecular flexibility index (Phi) is 4.63. The van der Waals surface area contributed by atoms with Gasteiger partial charge in [0.15, 0.2) is 0 Å². The highest BCUT2D eigenvalue weighted by Crippen LogP contribution is 2.10. The first kappa shape index (κ1) is 13.7.